The normalized spacial score (nSPS) is 17.2. The molecule has 0 bridgehead atoms. The minimum atomic E-state index is -0.320. The van der Waals surface area contributed by atoms with Crippen LogP contribution in [0.4, 0.5) is 10.2 Å². The topological polar surface area (TPSA) is 19.4 Å². The van der Waals surface area contributed by atoms with Gasteiger partial charge >= 0.3 is 0 Å². The van der Waals surface area contributed by atoms with E-state index in [0.717, 1.165) is 44.1 Å². The van der Waals surface area contributed by atoms with Gasteiger partial charge in [-0.2, -0.15) is 0 Å². The van der Waals surface area contributed by atoms with E-state index < -0.39 is 0 Å². The lowest BCUT2D eigenvalue weighted by molar-refractivity contribution is 0.258. The molecule has 1 aliphatic rings. The van der Waals surface area contributed by atoms with Crippen LogP contribution < -0.4 is 4.90 Å². The molecule has 0 amide bonds. The van der Waals surface area contributed by atoms with E-state index in [-0.39, 0.29) is 5.82 Å². The molecule has 0 spiro atoms. The highest BCUT2D eigenvalue weighted by Gasteiger charge is 2.19. The minimum Gasteiger partial charge on any atom is -0.354 e. The van der Waals surface area contributed by atoms with Crippen molar-refractivity contribution in [3.63, 3.8) is 0 Å². The van der Waals surface area contributed by atoms with Crippen molar-refractivity contribution in [2.45, 2.75) is 19.2 Å². The Morgan fingerprint density at radius 3 is 2.67 bits per heavy atom. The molecule has 0 aromatic carbocycles. The molecule has 2 rings (SSSR count). The maximum atomic E-state index is 13.1. The van der Waals surface area contributed by atoms with Gasteiger partial charge in [-0.05, 0) is 19.0 Å². The number of anilines is 1. The van der Waals surface area contributed by atoms with Crippen molar-refractivity contribution < 1.29 is 4.39 Å². The number of piperazine rings is 1. The van der Waals surface area contributed by atoms with Gasteiger partial charge in [-0.25, -0.2) is 9.37 Å². The van der Waals surface area contributed by atoms with Gasteiger partial charge in [0.15, 0.2) is 0 Å². The molecule has 5 heteroatoms. The highest BCUT2D eigenvalue weighted by Crippen LogP contribution is 2.21. The molecule has 0 atom stereocenters. The highest BCUT2D eigenvalue weighted by atomic mass is 35.5. The average molecular weight is 272 g/mol. The van der Waals surface area contributed by atoms with E-state index in [1.165, 1.54) is 18.7 Å². The van der Waals surface area contributed by atoms with E-state index in [1.54, 1.807) is 0 Å². The second-order valence-corrected chi connectivity index (χ2v) is 4.87. The second-order valence-electron chi connectivity index (χ2n) is 4.60. The minimum absolute atomic E-state index is 0.301. The molecule has 18 heavy (non-hydrogen) atoms. The Bertz CT molecular complexity index is 392. The fraction of sp³-hybridized carbons (Fsp3) is 0.615. The first kappa shape index (κ1) is 13.6. The van der Waals surface area contributed by atoms with Gasteiger partial charge in [-0.3, -0.25) is 4.90 Å². The zero-order valence-corrected chi connectivity index (χ0v) is 11.5. The van der Waals surface area contributed by atoms with Crippen molar-refractivity contribution in [1.29, 1.82) is 0 Å². The highest BCUT2D eigenvalue weighted by molar-refractivity contribution is 6.17. The number of rotatable bonds is 4. The molecule has 3 nitrogen and oxygen atoms in total. The maximum absolute atomic E-state index is 13.1. The molecule has 2 heterocycles. The van der Waals surface area contributed by atoms with E-state index >= 15 is 0 Å². The van der Waals surface area contributed by atoms with Crippen LogP contribution in [0.25, 0.3) is 0 Å². The van der Waals surface area contributed by atoms with Crippen molar-refractivity contribution >= 4 is 17.4 Å². The SMILES string of the molecule is CCCN1CCN(c2ncc(F)cc2CCl)CC1. The zero-order chi connectivity index (χ0) is 13.0. The van der Waals surface area contributed by atoms with Crippen molar-refractivity contribution in [3.05, 3.63) is 23.6 Å². The Labute approximate surface area is 113 Å². The molecule has 1 aromatic rings. The summed E-state index contributed by atoms with van der Waals surface area (Å²) in [4.78, 5) is 8.83. The van der Waals surface area contributed by atoms with Crippen molar-refractivity contribution in [2.24, 2.45) is 0 Å². The quantitative estimate of drug-likeness (QED) is 0.785. The number of pyridine rings is 1. The van der Waals surface area contributed by atoms with Crippen LogP contribution in [0.5, 0.6) is 0 Å². The van der Waals surface area contributed by atoms with Crippen molar-refractivity contribution in [1.82, 2.24) is 9.88 Å². The van der Waals surface area contributed by atoms with Crippen LogP contribution in [-0.4, -0.2) is 42.6 Å². The Hall–Kier alpha value is -0.870. The van der Waals surface area contributed by atoms with E-state index in [0.29, 0.717) is 5.88 Å². The Morgan fingerprint density at radius 1 is 1.33 bits per heavy atom. The summed E-state index contributed by atoms with van der Waals surface area (Å²) in [7, 11) is 0. The van der Waals surface area contributed by atoms with Gasteiger partial charge in [0.2, 0.25) is 0 Å². The molecule has 0 radical (unpaired) electrons. The fourth-order valence-corrected chi connectivity index (χ4v) is 2.55. The summed E-state index contributed by atoms with van der Waals surface area (Å²) < 4.78 is 13.1. The second kappa shape index (κ2) is 6.34. The first-order valence-electron chi connectivity index (χ1n) is 6.42. The molecule has 1 aliphatic heterocycles. The molecular formula is C13H19ClFN3. The third kappa shape index (κ3) is 3.12. The number of aromatic nitrogens is 1. The van der Waals surface area contributed by atoms with Gasteiger partial charge in [0.25, 0.3) is 0 Å². The first-order chi connectivity index (χ1) is 8.74. The predicted octanol–water partition coefficient (Wildman–Crippen LogP) is 2.49. The van der Waals surface area contributed by atoms with Gasteiger partial charge in [-0.1, -0.05) is 6.92 Å². The third-order valence-corrected chi connectivity index (χ3v) is 3.55. The van der Waals surface area contributed by atoms with Gasteiger partial charge in [0, 0.05) is 31.7 Å². The van der Waals surface area contributed by atoms with Crippen LogP contribution in [0, 0.1) is 5.82 Å². The number of nitrogens with zero attached hydrogens (tertiary/aromatic N) is 3. The smallest absolute Gasteiger partial charge is 0.141 e. The Balaban J connectivity index is 2.05. The Kier molecular flexibility index (Phi) is 4.78. The van der Waals surface area contributed by atoms with E-state index in [4.69, 9.17) is 11.6 Å². The monoisotopic (exact) mass is 271 g/mol. The van der Waals surface area contributed by atoms with Gasteiger partial charge in [0.1, 0.15) is 11.6 Å². The van der Waals surface area contributed by atoms with E-state index in [1.807, 2.05) is 0 Å². The van der Waals surface area contributed by atoms with E-state index in [9.17, 15) is 4.39 Å². The first-order valence-corrected chi connectivity index (χ1v) is 6.95. The van der Waals surface area contributed by atoms with Gasteiger partial charge < -0.3 is 4.90 Å². The van der Waals surface area contributed by atoms with Crippen molar-refractivity contribution in [2.75, 3.05) is 37.6 Å². The van der Waals surface area contributed by atoms with Crippen LogP contribution in [0.3, 0.4) is 0 Å². The number of halogens is 2. The average Bonchev–Trinajstić information content (AvgIpc) is 2.40. The molecular weight excluding hydrogens is 253 g/mol. The van der Waals surface area contributed by atoms with Crippen LogP contribution in [0.1, 0.15) is 18.9 Å². The molecule has 0 N–H and O–H groups in total. The number of hydrogen-bond donors (Lipinski definition) is 0. The largest absolute Gasteiger partial charge is 0.354 e. The standard InChI is InChI=1S/C13H19ClFN3/c1-2-3-17-4-6-18(7-5-17)13-11(9-14)8-12(15)10-16-13/h8,10H,2-7,9H2,1H3. The molecule has 0 unspecified atom stereocenters. The Morgan fingerprint density at radius 2 is 2.06 bits per heavy atom. The molecule has 1 fully saturated rings. The van der Waals surface area contributed by atoms with Crippen LogP contribution in [0.15, 0.2) is 12.3 Å². The number of alkyl halides is 1. The maximum Gasteiger partial charge on any atom is 0.141 e. The van der Waals surface area contributed by atoms with E-state index in [2.05, 4.69) is 21.7 Å². The fourth-order valence-electron chi connectivity index (χ4n) is 2.36. The molecule has 1 saturated heterocycles. The zero-order valence-electron chi connectivity index (χ0n) is 10.7. The number of hydrogen-bond acceptors (Lipinski definition) is 3. The summed E-state index contributed by atoms with van der Waals surface area (Å²) in [5.41, 5.74) is 0.778. The van der Waals surface area contributed by atoms with Crippen LogP contribution in [0.2, 0.25) is 0 Å². The molecule has 0 aliphatic carbocycles. The van der Waals surface area contributed by atoms with Crippen LogP contribution in [-0.2, 0) is 5.88 Å². The summed E-state index contributed by atoms with van der Waals surface area (Å²) >= 11 is 5.86. The lowest BCUT2D eigenvalue weighted by Crippen LogP contribution is -2.47. The summed E-state index contributed by atoms with van der Waals surface area (Å²) in [6, 6.07) is 1.48. The summed E-state index contributed by atoms with van der Waals surface area (Å²) in [6.45, 7) is 7.28. The molecule has 1 aromatic heterocycles. The van der Waals surface area contributed by atoms with Gasteiger partial charge in [0.05, 0.1) is 12.1 Å². The molecule has 0 saturated carbocycles. The van der Waals surface area contributed by atoms with Gasteiger partial charge in [-0.15, -0.1) is 11.6 Å². The van der Waals surface area contributed by atoms with Crippen molar-refractivity contribution in [3.8, 4) is 0 Å². The predicted molar refractivity (Wildman–Crippen MR) is 72.7 cm³/mol. The molecule has 100 valence electrons. The summed E-state index contributed by atoms with van der Waals surface area (Å²) in [5.74, 6) is 0.816. The van der Waals surface area contributed by atoms with Crippen LogP contribution >= 0.6 is 11.6 Å². The lowest BCUT2D eigenvalue weighted by atomic mass is 10.2. The summed E-state index contributed by atoms with van der Waals surface area (Å²) in [6.07, 6.45) is 2.45. The summed E-state index contributed by atoms with van der Waals surface area (Å²) in [5, 5.41) is 0. The third-order valence-electron chi connectivity index (χ3n) is 3.27. The lowest BCUT2D eigenvalue weighted by Gasteiger charge is -2.35.